The zero-order valence-corrected chi connectivity index (χ0v) is 13.7. The summed E-state index contributed by atoms with van der Waals surface area (Å²) >= 11 is 0. The highest BCUT2D eigenvalue weighted by Crippen LogP contribution is 2.39. The second kappa shape index (κ2) is 6.76. The molecule has 3 rings (SSSR count). The summed E-state index contributed by atoms with van der Waals surface area (Å²) in [5.41, 5.74) is 1.54. The number of fused-ring (bicyclic) bond motifs is 1. The molecule has 6 nitrogen and oxygen atoms in total. The van der Waals surface area contributed by atoms with E-state index in [1.54, 1.807) is 25.2 Å². The predicted octanol–water partition coefficient (Wildman–Crippen LogP) is 1.08. The minimum absolute atomic E-state index is 0.000206. The van der Waals surface area contributed by atoms with E-state index < -0.39 is 6.10 Å². The van der Waals surface area contributed by atoms with Crippen LogP contribution in [0, 0.1) is 5.92 Å². The highest BCUT2D eigenvalue weighted by molar-refractivity contribution is 5.79. The maximum atomic E-state index is 12.4. The number of carbonyl (C=O) groups excluding carboxylic acids is 1. The minimum Gasteiger partial charge on any atom is -0.496 e. The Morgan fingerprint density at radius 2 is 2.00 bits per heavy atom. The zero-order chi connectivity index (χ0) is 16.4. The molecule has 1 unspecified atom stereocenters. The van der Waals surface area contributed by atoms with Crippen LogP contribution < -0.4 is 14.8 Å². The quantitative estimate of drug-likeness (QED) is 0.821. The minimum atomic E-state index is -0.767. The third kappa shape index (κ3) is 3.43. The molecule has 1 aromatic carbocycles. The summed E-state index contributed by atoms with van der Waals surface area (Å²) in [5.74, 6) is 2.04. The van der Waals surface area contributed by atoms with Gasteiger partial charge in [0.25, 0.3) is 0 Å². The molecule has 6 heteroatoms. The summed E-state index contributed by atoms with van der Waals surface area (Å²) in [7, 11) is 3.17. The van der Waals surface area contributed by atoms with Crippen LogP contribution in [0.3, 0.4) is 0 Å². The lowest BCUT2D eigenvalue weighted by atomic mass is 9.95. The largest absolute Gasteiger partial charge is 0.496 e. The van der Waals surface area contributed by atoms with Crippen LogP contribution in [0.15, 0.2) is 12.1 Å². The van der Waals surface area contributed by atoms with E-state index in [1.807, 2.05) is 6.07 Å². The molecule has 2 aliphatic rings. The van der Waals surface area contributed by atoms with Crippen LogP contribution in [0.5, 0.6) is 11.5 Å². The summed E-state index contributed by atoms with van der Waals surface area (Å²) in [5, 5.41) is 13.7. The van der Waals surface area contributed by atoms with Gasteiger partial charge in [-0.2, -0.15) is 0 Å². The molecule has 1 heterocycles. The fourth-order valence-electron chi connectivity index (χ4n) is 3.08. The number of benzene rings is 1. The van der Waals surface area contributed by atoms with Gasteiger partial charge in [-0.15, -0.1) is 0 Å². The van der Waals surface area contributed by atoms with Gasteiger partial charge in [-0.1, -0.05) is 0 Å². The Morgan fingerprint density at radius 3 is 2.65 bits per heavy atom. The first-order valence-corrected chi connectivity index (χ1v) is 8.04. The number of nitrogens with zero attached hydrogens (tertiary/aromatic N) is 1. The van der Waals surface area contributed by atoms with E-state index in [9.17, 15) is 9.90 Å². The normalized spacial score (nSPS) is 20.1. The van der Waals surface area contributed by atoms with E-state index in [1.165, 1.54) is 12.8 Å². The van der Waals surface area contributed by atoms with E-state index in [0.29, 0.717) is 24.6 Å². The third-order valence-electron chi connectivity index (χ3n) is 4.55. The molecule has 0 saturated heterocycles. The summed E-state index contributed by atoms with van der Waals surface area (Å²) in [4.78, 5) is 14.1. The SMILES string of the molecule is COc1ccc(OC)c2c1CN(C(=O)CNCC1CC1)CC2O. The van der Waals surface area contributed by atoms with Gasteiger partial charge in [-0.3, -0.25) is 4.79 Å². The second-order valence-corrected chi connectivity index (χ2v) is 6.23. The van der Waals surface area contributed by atoms with Crippen molar-refractivity contribution in [3.63, 3.8) is 0 Å². The average Bonchev–Trinajstić information content (AvgIpc) is 3.37. The molecular weight excluding hydrogens is 296 g/mol. The van der Waals surface area contributed by atoms with Crippen LogP contribution in [0.25, 0.3) is 0 Å². The number of carbonyl (C=O) groups is 1. The summed E-state index contributed by atoms with van der Waals surface area (Å²) < 4.78 is 10.7. The Balaban J connectivity index is 1.74. The maximum Gasteiger partial charge on any atom is 0.236 e. The lowest BCUT2D eigenvalue weighted by Crippen LogP contribution is -2.43. The van der Waals surface area contributed by atoms with Crippen molar-refractivity contribution in [3.05, 3.63) is 23.3 Å². The van der Waals surface area contributed by atoms with Gasteiger partial charge in [-0.25, -0.2) is 0 Å². The molecule has 0 radical (unpaired) electrons. The van der Waals surface area contributed by atoms with Gasteiger partial charge >= 0.3 is 0 Å². The molecule has 2 N–H and O–H groups in total. The van der Waals surface area contributed by atoms with Gasteiger partial charge in [-0.05, 0) is 37.4 Å². The number of ether oxygens (including phenoxy) is 2. The van der Waals surface area contributed by atoms with Crippen molar-refractivity contribution in [2.75, 3.05) is 33.9 Å². The summed E-state index contributed by atoms with van der Waals surface area (Å²) in [6, 6.07) is 3.60. The number of methoxy groups -OCH3 is 2. The molecule has 1 aliphatic heterocycles. The molecule has 0 aromatic heterocycles. The Hall–Kier alpha value is -1.79. The molecule has 1 saturated carbocycles. The first-order valence-electron chi connectivity index (χ1n) is 8.04. The molecule has 126 valence electrons. The van der Waals surface area contributed by atoms with E-state index in [4.69, 9.17) is 9.47 Å². The topological polar surface area (TPSA) is 71.0 Å². The van der Waals surface area contributed by atoms with E-state index in [0.717, 1.165) is 23.6 Å². The molecule has 23 heavy (non-hydrogen) atoms. The van der Waals surface area contributed by atoms with Gasteiger partial charge < -0.3 is 24.8 Å². The van der Waals surface area contributed by atoms with Crippen molar-refractivity contribution >= 4 is 5.91 Å². The summed E-state index contributed by atoms with van der Waals surface area (Å²) in [6.07, 6.45) is 1.75. The lowest BCUT2D eigenvalue weighted by Gasteiger charge is -2.34. The molecule has 1 aliphatic carbocycles. The first-order chi connectivity index (χ1) is 11.1. The molecule has 1 aromatic rings. The molecular formula is C17H24N2O4. The molecule has 0 bridgehead atoms. The van der Waals surface area contributed by atoms with Crippen LogP contribution >= 0.6 is 0 Å². The Morgan fingerprint density at radius 1 is 1.30 bits per heavy atom. The molecule has 0 spiro atoms. The second-order valence-electron chi connectivity index (χ2n) is 6.23. The monoisotopic (exact) mass is 320 g/mol. The van der Waals surface area contributed by atoms with Crippen molar-refractivity contribution in [3.8, 4) is 11.5 Å². The van der Waals surface area contributed by atoms with Gasteiger partial charge in [0, 0.05) is 17.7 Å². The number of amides is 1. The van der Waals surface area contributed by atoms with Crippen molar-refractivity contribution in [2.24, 2.45) is 5.92 Å². The number of rotatable bonds is 6. The lowest BCUT2D eigenvalue weighted by molar-refractivity contribution is -0.133. The van der Waals surface area contributed by atoms with Crippen molar-refractivity contribution in [2.45, 2.75) is 25.5 Å². The van der Waals surface area contributed by atoms with Crippen LogP contribution in [-0.2, 0) is 11.3 Å². The first kappa shape index (κ1) is 16.1. The van der Waals surface area contributed by atoms with Crippen LogP contribution in [0.1, 0.15) is 30.1 Å². The van der Waals surface area contributed by atoms with Gasteiger partial charge in [0.05, 0.1) is 27.3 Å². The standard InChI is InChI=1S/C17H24N2O4/c1-22-14-5-6-15(23-2)17-12(14)9-19(10-13(17)20)16(21)8-18-7-11-3-4-11/h5-6,11,13,18,20H,3-4,7-10H2,1-2H3. The van der Waals surface area contributed by atoms with Crippen LogP contribution in [0.4, 0.5) is 0 Å². The number of β-amino-alcohol motifs (C(OH)–C–C–N with tert-alkyl or cyclic N) is 1. The smallest absolute Gasteiger partial charge is 0.236 e. The average molecular weight is 320 g/mol. The van der Waals surface area contributed by atoms with E-state index in [-0.39, 0.29) is 12.5 Å². The Labute approximate surface area is 136 Å². The predicted molar refractivity (Wildman–Crippen MR) is 85.5 cm³/mol. The maximum absolute atomic E-state index is 12.4. The molecule has 1 fully saturated rings. The van der Waals surface area contributed by atoms with Crippen LogP contribution in [-0.4, -0.2) is 49.8 Å². The summed E-state index contributed by atoms with van der Waals surface area (Å²) in [6.45, 7) is 1.91. The van der Waals surface area contributed by atoms with Gasteiger partial charge in [0.1, 0.15) is 17.6 Å². The van der Waals surface area contributed by atoms with Crippen molar-refractivity contribution < 1.29 is 19.4 Å². The van der Waals surface area contributed by atoms with Gasteiger partial charge in [0.2, 0.25) is 5.91 Å². The number of nitrogens with one attached hydrogen (secondary N) is 1. The number of aliphatic hydroxyl groups is 1. The number of aliphatic hydroxyl groups excluding tert-OH is 1. The molecule has 1 atom stereocenters. The highest BCUT2D eigenvalue weighted by atomic mass is 16.5. The van der Waals surface area contributed by atoms with Gasteiger partial charge in [0.15, 0.2) is 0 Å². The Bertz CT molecular complexity index is 586. The fourth-order valence-corrected chi connectivity index (χ4v) is 3.08. The van der Waals surface area contributed by atoms with Crippen LogP contribution in [0.2, 0.25) is 0 Å². The third-order valence-corrected chi connectivity index (χ3v) is 4.55. The number of hydrogen-bond donors (Lipinski definition) is 2. The molecule has 1 amide bonds. The van der Waals surface area contributed by atoms with Crippen molar-refractivity contribution in [1.82, 2.24) is 10.2 Å². The highest BCUT2D eigenvalue weighted by Gasteiger charge is 2.31. The zero-order valence-electron chi connectivity index (χ0n) is 13.7. The fraction of sp³-hybridized carbons (Fsp3) is 0.588. The van der Waals surface area contributed by atoms with Crippen molar-refractivity contribution in [1.29, 1.82) is 0 Å². The Kier molecular flexibility index (Phi) is 4.73. The van der Waals surface area contributed by atoms with E-state index in [2.05, 4.69) is 5.32 Å². The number of hydrogen-bond acceptors (Lipinski definition) is 5. The van der Waals surface area contributed by atoms with E-state index >= 15 is 0 Å².